The number of nitrogens with one attached hydrogen (secondary N) is 1. The lowest BCUT2D eigenvalue weighted by Gasteiger charge is -2.12. The van der Waals surface area contributed by atoms with Crippen LogP contribution in [0.5, 0.6) is 11.5 Å². The minimum Gasteiger partial charge on any atom is -0.490 e. The van der Waals surface area contributed by atoms with Crippen molar-refractivity contribution in [3.63, 3.8) is 0 Å². The second-order valence-electron chi connectivity index (χ2n) is 5.80. The predicted octanol–water partition coefficient (Wildman–Crippen LogP) is 4.24. The highest BCUT2D eigenvalue weighted by molar-refractivity contribution is 8.00. The fraction of sp³-hybridized carbons (Fsp3) is 0.381. The van der Waals surface area contributed by atoms with Crippen LogP contribution in [-0.4, -0.2) is 31.4 Å². The quantitative estimate of drug-likeness (QED) is 0.633. The zero-order chi connectivity index (χ0) is 18.8. The van der Waals surface area contributed by atoms with E-state index in [2.05, 4.69) is 18.3 Å². The molecule has 26 heavy (non-hydrogen) atoms. The highest BCUT2D eigenvalue weighted by Crippen LogP contribution is 2.28. The topological polar surface area (TPSA) is 47.6 Å². The summed E-state index contributed by atoms with van der Waals surface area (Å²) in [5.41, 5.74) is 2.31. The molecule has 0 atom stereocenters. The Bertz CT molecular complexity index is 718. The molecule has 0 heterocycles. The molecule has 0 spiro atoms. The van der Waals surface area contributed by atoms with Gasteiger partial charge in [-0.2, -0.15) is 0 Å². The van der Waals surface area contributed by atoms with Crippen LogP contribution in [0, 0.1) is 6.92 Å². The first-order chi connectivity index (χ1) is 12.6. The smallest absolute Gasteiger partial charge is 0.230 e. The Morgan fingerprint density at radius 1 is 1.04 bits per heavy atom. The van der Waals surface area contributed by atoms with Crippen molar-refractivity contribution in [1.29, 1.82) is 0 Å². The zero-order valence-corrected chi connectivity index (χ0v) is 16.5. The van der Waals surface area contributed by atoms with Crippen LogP contribution in [0.15, 0.2) is 47.4 Å². The fourth-order valence-corrected chi connectivity index (χ4v) is 3.37. The molecule has 2 aromatic carbocycles. The maximum atomic E-state index is 12.0. The van der Waals surface area contributed by atoms with Crippen LogP contribution in [-0.2, 0) is 11.2 Å². The molecular formula is C21H27NO3S. The summed E-state index contributed by atoms with van der Waals surface area (Å²) in [4.78, 5) is 13.2. The standard InChI is InChI=1S/C21H27NO3S/c1-4-24-18-11-10-17(14-19(18)25-5-2)12-13-22-21(23)15-26-20-9-7-6-8-16(20)3/h6-11,14H,4-5,12-13,15H2,1-3H3,(H,22,23). The first-order valence-electron chi connectivity index (χ1n) is 8.97. The van der Waals surface area contributed by atoms with E-state index in [4.69, 9.17) is 9.47 Å². The SMILES string of the molecule is CCOc1ccc(CCNC(=O)CSc2ccccc2C)cc1OCC. The first-order valence-corrected chi connectivity index (χ1v) is 9.96. The van der Waals surface area contributed by atoms with Gasteiger partial charge in [-0.15, -0.1) is 11.8 Å². The molecule has 2 rings (SSSR count). The maximum Gasteiger partial charge on any atom is 0.230 e. The molecule has 2 aromatic rings. The number of hydrogen-bond donors (Lipinski definition) is 1. The van der Waals surface area contributed by atoms with Gasteiger partial charge in [0.1, 0.15) is 0 Å². The van der Waals surface area contributed by atoms with E-state index in [1.54, 1.807) is 11.8 Å². The molecule has 1 amide bonds. The van der Waals surface area contributed by atoms with Crippen LogP contribution in [0.2, 0.25) is 0 Å². The number of carbonyl (C=O) groups is 1. The second-order valence-corrected chi connectivity index (χ2v) is 6.82. The second kappa shape index (κ2) is 10.8. The van der Waals surface area contributed by atoms with Crippen LogP contribution >= 0.6 is 11.8 Å². The molecule has 5 heteroatoms. The third-order valence-electron chi connectivity index (χ3n) is 3.80. The third-order valence-corrected chi connectivity index (χ3v) is 4.97. The average molecular weight is 374 g/mol. The Kier molecular flexibility index (Phi) is 8.35. The van der Waals surface area contributed by atoms with E-state index in [0.29, 0.717) is 25.5 Å². The van der Waals surface area contributed by atoms with Crippen molar-refractivity contribution in [2.75, 3.05) is 25.5 Å². The Morgan fingerprint density at radius 2 is 1.77 bits per heavy atom. The average Bonchev–Trinajstić information content (AvgIpc) is 2.63. The van der Waals surface area contributed by atoms with E-state index < -0.39 is 0 Å². The summed E-state index contributed by atoms with van der Waals surface area (Å²) in [6, 6.07) is 14.0. The molecule has 0 bridgehead atoms. The summed E-state index contributed by atoms with van der Waals surface area (Å²) >= 11 is 1.57. The van der Waals surface area contributed by atoms with Crippen LogP contribution in [0.25, 0.3) is 0 Å². The van der Waals surface area contributed by atoms with E-state index in [1.807, 2.05) is 50.2 Å². The lowest BCUT2D eigenvalue weighted by atomic mass is 10.1. The van der Waals surface area contributed by atoms with Gasteiger partial charge in [0.25, 0.3) is 0 Å². The maximum absolute atomic E-state index is 12.0. The number of amides is 1. The fourth-order valence-electron chi connectivity index (χ4n) is 2.51. The van der Waals surface area contributed by atoms with Crippen molar-refractivity contribution < 1.29 is 14.3 Å². The van der Waals surface area contributed by atoms with Gasteiger partial charge in [0.05, 0.1) is 19.0 Å². The lowest BCUT2D eigenvalue weighted by molar-refractivity contribution is -0.118. The molecule has 0 saturated carbocycles. The van der Waals surface area contributed by atoms with Crippen molar-refractivity contribution >= 4 is 17.7 Å². The largest absolute Gasteiger partial charge is 0.490 e. The van der Waals surface area contributed by atoms with Crippen LogP contribution < -0.4 is 14.8 Å². The molecule has 0 aliphatic heterocycles. The summed E-state index contributed by atoms with van der Waals surface area (Å²) in [6.45, 7) is 7.77. The summed E-state index contributed by atoms with van der Waals surface area (Å²) < 4.78 is 11.2. The Balaban J connectivity index is 1.80. The Hall–Kier alpha value is -2.14. The molecule has 0 fully saturated rings. The van der Waals surface area contributed by atoms with Gasteiger partial charge in [0.15, 0.2) is 11.5 Å². The summed E-state index contributed by atoms with van der Waals surface area (Å²) in [7, 11) is 0. The van der Waals surface area contributed by atoms with Crippen molar-refractivity contribution in [2.24, 2.45) is 0 Å². The van der Waals surface area contributed by atoms with E-state index in [9.17, 15) is 4.79 Å². The summed E-state index contributed by atoms with van der Waals surface area (Å²) in [5, 5.41) is 2.98. The van der Waals surface area contributed by atoms with Crippen molar-refractivity contribution in [1.82, 2.24) is 5.32 Å². The highest BCUT2D eigenvalue weighted by Gasteiger charge is 2.07. The number of thioether (sulfide) groups is 1. The third kappa shape index (κ3) is 6.30. The molecule has 1 N–H and O–H groups in total. The van der Waals surface area contributed by atoms with Gasteiger partial charge in [-0.25, -0.2) is 0 Å². The van der Waals surface area contributed by atoms with Crippen molar-refractivity contribution in [3.8, 4) is 11.5 Å². The molecule has 0 aromatic heterocycles. The lowest BCUT2D eigenvalue weighted by Crippen LogP contribution is -2.27. The van der Waals surface area contributed by atoms with Gasteiger partial charge >= 0.3 is 0 Å². The van der Waals surface area contributed by atoms with Gasteiger partial charge in [-0.05, 0) is 56.5 Å². The molecular weight excluding hydrogens is 346 g/mol. The molecule has 4 nitrogen and oxygen atoms in total. The zero-order valence-electron chi connectivity index (χ0n) is 15.7. The highest BCUT2D eigenvalue weighted by atomic mass is 32.2. The van der Waals surface area contributed by atoms with Crippen molar-refractivity contribution in [2.45, 2.75) is 32.1 Å². The molecule has 0 aliphatic carbocycles. The first kappa shape index (κ1) is 20.2. The Morgan fingerprint density at radius 3 is 2.50 bits per heavy atom. The normalized spacial score (nSPS) is 10.4. The van der Waals surface area contributed by atoms with Gasteiger partial charge in [-0.1, -0.05) is 24.3 Å². The van der Waals surface area contributed by atoms with Crippen LogP contribution in [0.1, 0.15) is 25.0 Å². The van der Waals surface area contributed by atoms with E-state index >= 15 is 0 Å². The molecule has 0 aliphatic rings. The monoisotopic (exact) mass is 373 g/mol. The van der Waals surface area contributed by atoms with Crippen LogP contribution in [0.3, 0.4) is 0 Å². The predicted molar refractivity (Wildman–Crippen MR) is 107 cm³/mol. The van der Waals surface area contributed by atoms with Crippen LogP contribution in [0.4, 0.5) is 0 Å². The van der Waals surface area contributed by atoms with Gasteiger partial charge in [0.2, 0.25) is 5.91 Å². The number of aryl methyl sites for hydroxylation is 1. The van der Waals surface area contributed by atoms with Crippen molar-refractivity contribution in [3.05, 3.63) is 53.6 Å². The van der Waals surface area contributed by atoms with Gasteiger partial charge < -0.3 is 14.8 Å². The number of ether oxygens (including phenoxy) is 2. The summed E-state index contributed by atoms with van der Waals surface area (Å²) in [5.74, 6) is 2.00. The van der Waals surface area contributed by atoms with Gasteiger partial charge in [-0.3, -0.25) is 4.79 Å². The minimum absolute atomic E-state index is 0.0502. The molecule has 0 saturated heterocycles. The Labute approximate surface area is 160 Å². The molecule has 140 valence electrons. The number of hydrogen-bond acceptors (Lipinski definition) is 4. The minimum atomic E-state index is 0.0502. The number of rotatable bonds is 10. The van der Waals surface area contributed by atoms with Gasteiger partial charge in [0, 0.05) is 11.4 Å². The number of carbonyl (C=O) groups excluding carboxylic acids is 1. The van der Waals surface area contributed by atoms with E-state index in [1.165, 1.54) is 5.56 Å². The molecule has 0 radical (unpaired) electrons. The van der Waals surface area contributed by atoms with E-state index in [-0.39, 0.29) is 5.91 Å². The van der Waals surface area contributed by atoms with E-state index in [0.717, 1.165) is 28.4 Å². The molecule has 0 unspecified atom stereocenters. The number of benzene rings is 2. The summed E-state index contributed by atoms with van der Waals surface area (Å²) in [6.07, 6.45) is 0.757.